The summed E-state index contributed by atoms with van der Waals surface area (Å²) >= 11 is 2.78. The molecule has 0 fully saturated rings. The van der Waals surface area contributed by atoms with E-state index in [2.05, 4.69) is 4.98 Å². The molecule has 0 radical (unpaired) electrons. The summed E-state index contributed by atoms with van der Waals surface area (Å²) in [4.78, 5) is 29.1. The predicted octanol–water partition coefficient (Wildman–Crippen LogP) is 2.46. The number of H-pyrrole nitrogens is 1. The van der Waals surface area contributed by atoms with Crippen LogP contribution in [-0.2, 0) is 11.3 Å². The van der Waals surface area contributed by atoms with Crippen LogP contribution in [0.3, 0.4) is 0 Å². The van der Waals surface area contributed by atoms with Crippen LogP contribution in [0.1, 0.15) is 18.2 Å². The van der Waals surface area contributed by atoms with Gasteiger partial charge < -0.3 is 10.1 Å². The fraction of sp³-hybridized carbons (Fsp3) is 0.385. The smallest absolute Gasteiger partial charge is 0.305 e. The minimum absolute atomic E-state index is 0.0716. The van der Waals surface area contributed by atoms with Gasteiger partial charge in [0.05, 0.1) is 17.0 Å². The first kappa shape index (κ1) is 15.0. The minimum atomic E-state index is -0.802. The van der Waals surface area contributed by atoms with Crippen LogP contribution in [0.4, 0.5) is 0 Å². The summed E-state index contributed by atoms with van der Waals surface area (Å²) in [6, 6.07) is 3.92. The van der Waals surface area contributed by atoms with E-state index in [0.29, 0.717) is 13.1 Å². The van der Waals surface area contributed by atoms with E-state index in [9.17, 15) is 9.59 Å². The molecule has 0 aliphatic heterocycles. The molecule has 0 atom stereocenters. The van der Waals surface area contributed by atoms with E-state index < -0.39 is 5.97 Å². The Morgan fingerprint density at radius 1 is 1.50 bits per heavy atom. The summed E-state index contributed by atoms with van der Waals surface area (Å²) in [5.41, 5.74) is 0.865. The number of nitrogens with zero attached hydrogens (tertiary/aromatic N) is 1. The predicted molar refractivity (Wildman–Crippen MR) is 81.5 cm³/mol. The van der Waals surface area contributed by atoms with Gasteiger partial charge >= 0.3 is 10.8 Å². The Bertz CT molecular complexity index is 616. The van der Waals surface area contributed by atoms with Gasteiger partial charge in [-0.1, -0.05) is 24.3 Å². The Morgan fingerprint density at radius 3 is 2.90 bits per heavy atom. The number of carbonyl (C=O) groups is 1. The maximum atomic E-state index is 11.6. The van der Waals surface area contributed by atoms with Crippen LogP contribution in [0, 0.1) is 0 Å². The van der Waals surface area contributed by atoms with Crippen molar-refractivity contribution >= 4 is 28.6 Å². The number of aromatic amines is 1. The molecule has 108 valence electrons. The summed E-state index contributed by atoms with van der Waals surface area (Å²) in [6.07, 6.45) is 0.113. The van der Waals surface area contributed by atoms with Crippen molar-refractivity contribution in [3.05, 3.63) is 32.1 Å². The molecule has 0 unspecified atom stereocenters. The summed E-state index contributed by atoms with van der Waals surface area (Å²) in [6.45, 7) is 3.83. The van der Waals surface area contributed by atoms with Gasteiger partial charge in [0.15, 0.2) is 0 Å². The van der Waals surface area contributed by atoms with Crippen molar-refractivity contribution in [2.75, 3.05) is 13.1 Å². The molecule has 0 saturated carbocycles. The number of thiophene rings is 1. The van der Waals surface area contributed by atoms with E-state index >= 15 is 0 Å². The molecular weight excluding hydrogens is 296 g/mol. The van der Waals surface area contributed by atoms with Crippen molar-refractivity contribution in [3.63, 3.8) is 0 Å². The first-order chi connectivity index (χ1) is 9.60. The van der Waals surface area contributed by atoms with Crippen molar-refractivity contribution in [1.29, 1.82) is 0 Å². The third kappa shape index (κ3) is 3.78. The van der Waals surface area contributed by atoms with Crippen LogP contribution < -0.4 is 4.87 Å². The van der Waals surface area contributed by atoms with E-state index in [1.54, 1.807) is 11.3 Å². The maximum absolute atomic E-state index is 11.6. The molecule has 0 aliphatic carbocycles. The fourth-order valence-electron chi connectivity index (χ4n) is 1.90. The van der Waals surface area contributed by atoms with Crippen LogP contribution in [0.2, 0.25) is 0 Å². The average molecular weight is 312 g/mol. The highest BCUT2D eigenvalue weighted by atomic mass is 32.1. The Morgan fingerprint density at radius 2 is 2.30 bits per heavy atom. The number of hydrogen-bond acceptors (Lipinski definition) is 5. The lowest BCUT2D eigenvalue weighted by molar-refractivity contribution is -0.137. The number of thiazole rings is 1. The van der Waals surface area contributed by atoms with Gasteiger partial charge in [0.1, 0.15) is 0 Å². The zero-order valence-corrected chi connectivity index (χ0v) is 12.7. The summed E-state index contributed by atoms with van der Waals surface area (Å²) in [5.74, 6) is -0.802. The van der Waals surface area contributed by atoms with Crippen molar-refractivity contribution in [2.24, 2.45) is 0 Å². The molecule has 2 rings (SSSR count). The average Bonchev–Trinajstić information content (AvgIpc) is 3.03. The molecule has 0 spiro atoms. The molecule has 2 aromatic rings. The second-order valence-corrected chi connectivity index (χ2v) is 6.32. The van der Waals surface area contributed by atoms with Crippen LogP contribution in [-0.4, -0.2) is 34.0 Å². The van der Waals surface area contributed by atoms with Gasteiger partial charge in [-0.05, 0) is 18.0 Å². The maximum Gasteiger partial charge on any atom is 0.305 e. The van der Waals surface area contributed by atoms with Gasteiger partial charge in [-0.25, -0.2) is 0 Å². The van der Waals surface area contributed by atoms with Gasteiger partial charge in [-0.15, -0.1) is 11.3 Å². The number of carboxylic acid groups (broad SMARTS) is 1. The fourth-order valence-corrected chi connectivity index (χ4v) is 3.60. The number of carboxylic acids is 1. The molecule has 7 heteroatoms. The van der Waals surface area contributed by atoms with Crippen LogP contribution in [0.25, 0.3) is 10.6 Å². The van der Waals surface area contributed by atoms with Crippen molar-refractivity contribution in [3.8, 4) is 10.6 Å². The number of aliphatic carboxylic acids is 1. The first-order valence-corrected chi connectivity index (χ1v) is 7.99. The highest BCUT2D eigenvalue weighted by Gasteiger charge is 2.14. The van der Waals surface area contributed by atoms with Gasteiger partial charge in [0, 0.05) is 18.0 Å². The standard InChI is InChI=1S/C13H16N2O3S2/c1-2-15(6-5-11(16)17)8-10-12(14-13(18)20-10)9-4-3-7-19-9/h3-4,7H,2,5-6,8H2,1H3,(H,14,18)(H,16,17). The summed E-state index contributed by atoms with van der Waals surface area (Å²) in [7, 11) is 0. The van der Waals surface area contributed by atoms with E-state index in [4.69, 9.17) is 5.11 Å². The second-order valence-electron chi connectivity index (χ2n) is 4.30. The molecule has 2 heterocycles. The quantitative estimate of drug-likeness (QED) is 0.823. The lowest BCUT2D eigenvalue weighted by atomic mass is 10.3. The zero-order chi connectivity index (χ0) is 14.5. The molecule has 0 bridgehead atoms. The van der Waals surface area contributed by atoms with Gasteiger partial charge in [0.2, 0.25) is 0 Å². The van der Waals surface area contributed by atoms with Gasteiger partial charge in [-0.2, -0.15) is 0 Å². The van der Waals surface area contributed by atoms with Crippen LogP contribution in [0.5, 0.6) is 0 Å². The first-order valence-electron chi connectivity index (χ1n) is 6.30. The Hall–Kier alpha value is -1.44. The highest BCUT2D eigenvalue weighted by molar-refractivity contribution is 7.14. The van der Waals surface area contributed by atoms with Gasteiger partial charge in [-0.3, -0.25) is 14.5 Å². The SMILES string of the molecule is CCN(CCC(=O)O)Cc1sc(=O)[nH]c1-c1cccs1. The topological polar surface area (TPSA) is 73.4 Å². The minimum Gasteiger partial charge on any atom is -0.481 e. The molecule has 5 nitrogen and oxygen atoms in total. The van der Waals surface area contributed by atoms with Crippen LogP contribution >= 0.6 is 22.7 Å². The van der Waals surface area contributed by atoms with E-state index in [1.165, 1.54) is 11.3 Å². The Labute approximate surface area is 124 Å². The third-order valence-corrected chi connectivity index (χ3v) is 4.70. The monoisotopic (exact) mass is 312 g/mol. The molecule has 2 aromatic heterocycles. The molecule has 0 aromatic carbocycles. The number of rotatable bonds is 7. The Kier molecular flexibility index (Phi) is 5.11. The largest absolute Gasteiger partial charge is 0.481 e. The van der Waals surface area contributed by atoms with E-state index in [0.717, 1.165) is 22.0 Å². The van der Waals surface area contributed by atoms with Crippen molar-refractivity contribution in [2.45, 2.75) is 19.9 Å². The molecule has 20 heavy (non-hydrogen) atoms. The lowest BCUT2D eigenvalue weighted by Crippen LogP contribution is -2.25. The number of aromatic nitrogens is 1. The molecule has 0 amide bonds. The lowest BCUT2D eigenvalue weighted by Gasteiger charge is -2.18. The van der Waals surface area contributed by atoms with Crippen molar-refractivity contribution < 1.29 is 9.90 Å². The highest BCUT2D eigenvalue weighted by Crippen LogP contribution is 2.28. The molecule has 0 saturated heterocycles. The van der Waals surface area contributed by atoms with E-state index in [-0.39, 0.29) is 11.3 Å². The molecule has 2 N–H and O–H groups in total. The molecule has 0 aliphatic rings. The normalized spacial score (nSPS) is 11.1. The van der Waals surface area contributed by atoms with E-state index in [1.807, 2.05) is 29.3 Å². The second kappa shape index (κ2) is 6.83. The third-order valence-electron chi connectivity index (χ3n) is 2.95. The van der Waals surface area contributed by atoms with Crippen LogP contribution in [0.15, 0.2) is 22.3 Å². The number of hydrogen-bond donors (Lipinski definition) is 2. The summed E-state index contributed by atoms with van der Waals surface area (Å²) in [5, 5.41) is 10.7. The van der Waals surface area contributed by atoms with Crippen molar-refractivity contribution in [1.82, 2.24) is 9.88 Å². The van der Waals surface area contributed by atoms with Gasteiger partial charge in [0.25, 0.3) is 0 Å². The Balaban J connectivity index is 2.16. The number of nitrogens with one attached hydrogen (secondary N) is 1. The summed E-state index contributed by atoms with van der Waals surface area (Å²) < 4.78 is 0. The zero-order valence-electron chi connectivity index (χ0n) is 11.1. The molecular formula is C13H16N2O3S2.